The van der Waals surface area contributed by atoms with E-state index in [1.54, 1.807) is 28.9 Å². The smallest absolute Gasteiger partial charge is 0.387 e. The van der Waals surface area contributed by atoms with Gasteiger partial charge in [0.2, 0.25) is 0 Å². The van der Waals surface area contributed by atoms with Crippen molar-refractivity contribution < 1.29 is 28.5 Å². The number of ether oxygens (including phenoxy) is 1. The Kier molecular flexibility index (Phi) is 7.88. The molecule has 0 aliphatic carbocycles. The molecule has 2 N–H and O–H groups in total. The van der Waals surface area contributed by atoms with E-state index >= 15 is 0 Å². The lowest BCUT2D eigenvalue weighted by molar-refractivity contribution is -0.0702. The largest absolute Gasteiger partial charge is 0.434 e. The second-order valence-corrected chi connectivity index (χ2v) is 9.54. The van der Waals surface area contributed by atoms with Crippen LogP contribution in [-0.2, 0) is 6.54 Å². The fourth-order valence-electron chi connectivity index (χ4n) is 4.94. The average molecular weight is 490 g/mol. The lowest BCUT2D eigenvalue weighted by atomic mass is 9.83. The summed E-state index contributed by atoms with van der Waals surface area (Å²) in [5.41, 5.74) is 0.697. The number of hydrogen-bond donors (Lipinski definition) is 2. The monoisotopic (exact) mass is 489 g/mol. The number of carbonyl (C=O) groups is 1. The third-order valence-corrected chi connectivity index (χ3v) is 6.97. The van der Waals surface area contributed by atoms with Gasteiger partial charge < -0.3 is 14.9 Å². The number of benzene rings is 2. The molecule has 2 aliphatic heterocycles. The van der Waals surface area contributed by atoms with E-state index in [9.17, 15) is 23.8 Å². The van der Waals surface area contributed by atoms with Gasteiger partial charge in [0.05, 0.1) is 12.2 Å². The number of hydrogen-bond acceptors (Lipinski definition) is 5. The van der Waals surface area contributed by atoms with Gasteiger partial charge >= 0.3 is 12.6 Å². The molecule has 2 amide bonds. The van der Waals surface area contributed by atoms with Gasteiger partial charge in [-0.15, -0.1) is 0 Å². The maximum absolute atomic E-state index is 13.3. The quantitative estimate of drug-likeness (QED) is 0.585. The van der Waals surface area contributed by atoms with Crippen LogP contribution in [0.25, 0.3) is 0 Å². The summed E-state index contributed by atoms with van der Waals surface area (Å²) >= 11 is 0. The lowest BCUT2D eigenvalue weighted by Crippen LogP contribution is -2.49. The van der Waals surface area contributed by atoms with Gasteiger partial charge in [0, 0.05) is 55.1 Å². The topological polar surface area (TPSA) is 76.5 Å². The Morgan fingerprint density at radius 3 is 2.46 bits per heavy atom. The number of likely N-dealkylation sites (tertiary alicyclic amines) is 1. The molecule has 7 nitrogen and oxygen atoms in total. The second kappa shape index (κ2) is 10.9. The number of nitrogens with zero attached hydrogens (tertiary/aromatic N) is 3. The molecular weight excluding hydrogens is 456 g/mol. The minimum atomic E-state index is -2.99. The van der Waals surface area contributed by atoms with Crippen LogP contribution in [0.2, 0.25) is 0 Å². The number of aliphatic hydroxyl groups excluding tert-OH is 1. The van der Waals surface area contributed by atoms with Gasteiger partial charge in [0.15, 0.2) is 0 Å². The molecule has 2 aromatic carbocycles. The van der Waals surface area contributed by atoms with Gasteiger partial charge in [0.25, 0.3) is 0 Å². The fourth-order valence-corrected chi connectivity index (χ4v) is 4.94. The summed E-state index contributed by atoms with van der Waals surface area (Å²) in [6.45, 7) is 1.03. The Hall–Kier alpha value is -2.75. The maximum Gasteiger partial charge on any atom is 0.387 e. The molecule has 9 heteroatoms. The predicted octanol–water partition coefficient (Wildman–Crippen LogP) is 4.08. The standard InChI is InChI=1S/C26H33F2N3O4/c1-26(34,18-32)20-7-5-12-29(17-20)16-19-10-11-22(15-23(19)35-24(27)28)31-14-6-13-30(25(31)33)21-8-3-2-4-9-21/h2-4,8-11,15,20,24,32,34H,5-7,12-14,16-18H2,1H3/t20-,26+/m0/s1. The van der Waals surface area contributed by atoms with Crippen LogP contribution in [-0.4, -0.2) is 66.1 Å². The first-order valence-corrected chi connectivity index (χ1v) is 12.1. The van der Waals surface area contributed by atoms with E-state index in [1.807, 2.05) is 30.3 Å². The number of amides is 2. The van der Waals surface area contributed by atoms with Crippen LogP contribution in [0.4, 0.5) is 25.0 Å². The third kappa shape index (κ3) is 5.91. The Bertz CT molecular complexity index is 1010. The summed E-state index contributed by atoms with van der Waals surface area (Å²) in [5.74, 6) is -0.0758. The first kappa shape index (κ1) is 25.3. The van der Waals surface area contributed by atoms with E-state index in [4.69, 9.17) is 4.74 Å². The van der Waals surface area contributed by atoms with Gasteiger partial charge in [-0.2, -0.15) is 8.78 Å². The predicted molar refractivity (Wildman–Crippen MR) is 130 cm³/mol. The van der Waals surface area contributed by atoms with Crippen molar-refractivity contribution in [3.05, 3.63) is 54.1 Å². The van der Waals surface area contributed by atoms with Gasteiger partial charge in [-0.3, -0.25) is 14.7 Å². The van der Waals surface area contributed by atoms with Crippen molar-refractivity contribution in [2.24, 2.45) is 5.92 Å². The van der Waals surface area contributed by atoms with Gasteiger partial charge in [-0.25, -0.2) is 4.79 Å². The molecule has 0 radical (unpaired) electrons. The van der Waals surface area contributed by atoms with Crippen molar-refractivity contribution in [1.82, 2.24) is 4.90 Å². The SMILES string of the molecule is C[C@@](O)(CO)[C@H]1CCCN(Cc2ccc(N3CCCN(c4ccccc4)C3=O)cc2OC(F)F)C1. The minimum absolute atomic E-state index is 0.0400. The van der Waals surface area contributed by atoms with Crippen LogP contribution in [0.3, 0.4) is 0 Å². The molecule has 0 spiro atoms. The van der Waals surface area contributed by atoms with Gasteiger partial charge in [-0.1, -0.05) is 24.3 Å². The first-order valence-electron chi connectivity index (χ1n) is 12.1. The number of halogens is 2. The highest BCUT2D eigenvalue weighted by Crippen LogP contribution is 2.33. The molecule has 2 aliphatic rings. The van der Waals surface area contributed by atoms with E-state index in [0.29, 0.717) is 37.4 Å². The summed E-state index contributed by atoms with van der Waals surface area (Å²) in [6, 6.07) is 14.2. The van der Waals surface area contributed by atoms with E-state index < -0.39 is 12.2 Å². The molecule has 190 valence electrons. The number of para-hydroxylation sites is 1. The van der Waals surface area contributed by atoms with E-state index in [-0.39, 0.29) is 24.3 Å². The Morgan fingerprint density at radius 1 is 1.06 bits per heavy atom. The molecule has 0 aromatic heterocycles. The van der Waals surface area contributed by atoms with Crippen molar-refractivity contribution in [1.29, 1.82) is 0 Å². The summed E-state index contributed by atoms with van der Waals surface area (Å²) in [4.78, 5) is 18.6. The van der Waals surface area contributed by atoms with Crippen LogP contribution < -0.4 is 14.5 Å². The molecule has 2 heterocycles. The zero-order valence-electron chi connectivity index (χ0n) is 19.9. The van der Waals surface area contributed by atoms with Crippen molar-refractivity contribution in [3.63, 3.8) is 0 Å². The van der Waals surface area contributed by atoms with Gasteiger partial charge in [0.1, 0.15) is 5.75 Å². The van der Waals surface area contributed by atoms with E-state index in [1.165, 1.54) is 6.07 Å². The number of alkyl halides is 2. The summed E-state index contributed by atoms with van der Waals surface area (Å²) in [6.07, 6.45) is 2.37. The number of rotatable bonds is 8. The number of piperidine rings is 1. The van der Waals surface area contributed by atoms with Crippen LogP contribution >= 0.6 is 0 Å². The van der Waals surface area contributed by atoms with Crippen LogP contribution in [0.5, 0.6) is 5.75 Å². The fraction of sp³-hybridized carbons (Fsp3) is 0.500. The third-order valence-electron chi connectivity index (χ3n) is 6.97. The highest BCUT2D eigenvalue weighted by atomic mass is 19.3. The van der Waals surface area contributed by atoms with Crippen LogP contribution in [0.15, 0.2) is 48.5 Å². The number of anilines is 2. The molecule has 35 heavy (non-hydrogen) atoms. The lowest BCUT2D eigenvalue weighted by Gasteiger charge is -2.39. The zero-order valence-corrected chi connectivity index (χ0v) is 19.9. The summed E-state index contributed by atoms with van der Waals surface area (Å²) in [7, 11) is 0. The molecule has 2 fully saturated rings. The summed E-state index contributed by atoms with van der Waals surface area (Å²) in [5, 5.41) is 20.0. The Morgan fingerprint density at radius 2 is 1.77 bits per heavy atom. The highest BCUT2D eigenvalue weighted by molar-refractivity contribution is 6.04. The summed E-state index contributed by atoms with van der Waals surface area (Å²) < 4.78 is 31.5. The molecule has 0 bridgehead atoms. The van der Waals surface area contributed by atoms with Crippen molar-refractivity contribution in [2.75, 3.05) is 42.6 Å². The maximum atomic E-state index is 13.3. The zero-order chi connectivity index (χ0) is 25.0. The highest BCUT2D eigenvalue weighted by Gasteiger charge is 2.35. The molecule has 2 atom stereocenters. The Labute approximate surface area is 204 Å². The average Bonchev–Trinajstić information content (AvgIpc) is 2.86. The number of urea groups is 1. The number of carbonyl (C=O) groups excluding carboxylic acids is 1. The Balaban J connectivity index is 1.54. The second-order valence-electron chi connectivity index (χ2n) is 9.54. The number of aliphatic hydroxyl groups is 2. The van der Waals surface area contributed by atoms with Crippen LogP contribution in [0.1, 0.15) is 31.7 Å². The molecule has 2 saturated heterocycles. The van der Waals surface area contributed by atoms with Crippen molar-refractivity contribution >= 4 is 17.4 Å². The minimum Gasteiger partial charge on any atom is -0.434 e. The molecule has 0 saturated carbocycles. The first-order chi connectivity index (χ1) is 16.8. The molecule has 2 aromatic rings. The van der Waals surface area contributed by atoms with Crippen LogP contribution in [0, 0.1) is 5.92 Å². The normalized spacial score (nSPS) is 21.3. The van der Waals surface area contributed by atoms with Crippen molar-refractivity contribution in [2.45, 2.75) is 44.9 Å². The van der Waals surface area contributed by atoms with Crippen molar-refractivity contribution in [3.8, 4) is 5.75 Å². The van der Waals surface area contributed by atoms with Gasteiger partial charge in [-0.05, 0) is 50.9 Å². The molecule has 0 unspecified atom stereocenters. The van der Waals surface area contributed by atoms with E-state index in [2.05, 4.69) is 4.90 Å². The molecular formula is C26H33F2N3O4. The molecule has 4 rings (SSSR count). The van der Waals surface area contributed by atoms with E-state index in [0.717, 1.165) is 31.5 Å².